The molecule has 2 aromatic heterocycles. The summed E-state index contributed by atoms with van der Waals surface area (Å²) in [6.45, 7) is 4.33. The minimum absolute atomic E-state index is 0.0928. The van der Waals surface area contributed by atoms with Crippen molar-refractivity contribution in [2.45, 2.75) is 13.5 Å². The third-order valence-corrected chi connectivity index (χ3v) is 6.85. The van der Waals surface area contributed by atoms with Crippen molar-refractivity contribution < 1.29 is 14.4 Å². The van der Waals surface area contributed by atoms with Crippen molar-refractivity contribution in [3.8, 4) is 0 Å². The van der Waals surface area contributed by atoms with Gasteiger partial charge in [-0.3, -0.25) is 24.3 Å². The van der Waals surface area contributed by atoms with Crippen LogP contribution in [0.2, 0.25) is 0 Å². The van der Waals surface area contributed by atoms with Crippen LogP contribution in [-0.2, 0) is 6.54 Å². The molecule has 0 spiro atoms. The summed E-state index contributed by atoms with van der Waals surface area (Å²) < 4.78 is 0. The van der Waals surface area contributed by atoms with Crippen LogP contribution in [0, 0.1) is 6.92 Å². The van der Waals surface area contributed by atoms with Crippen LogP contribution in [0.3, 0.4) is 0 Å². The van der Waals surface area contributed by atoms with Crippen molar-refractivity contribution in [1.82, 2.24) is 24.8 Å². The average Bonchev–Trinajstić information content (AvgIpc) is 3.17. The van der Waals surface area contributed by atoms with Crippen LogP contribution in [0.1, 0.15) is 42.5 Å². The fourth-order valence-corrected chi connectivity index (χ4v) is 4.90. The van der Waals surface area contributed by atoms with E-state index in [-0.39, 0.29) is 23.9 Å². The van der Waals surface area contributed by atoms with Crippen LogP contribution in [0.4, 0.5) is 5.82 Å². The number of aryl methyl sites for hydroxylation is 1. The van der Waals surface area contributed by atoms with E-state index in [0.717, 1.165) is 22.5 Å². The van der Waals surface area contributed by atoms with Crippen LogP contribution >= 0.6 is 0 Å². The molecule has 1 fully saturated rings. The van der Waals surface area contributed by atoms with Crippen LogP contribution in [0.5, 0.6) is 0 Å². The van der Waals surface area contributed by atoms with Crippen LogP contribution in [-0.4, -0.2) is 68.7 Å². The second-order valence-corrected chi connectivity index (χ2v) is 9.18. The predicted molar refractivity (Wildman–Crippen MR) is 137 cm³/mol. The summed E-state index contributed by atoms with van der Waals surface area (Å²) in [5, 5.41) is 0. The first-order valence-electron chi connectivity index (χ1n) is 12.2. The highest BCUT2D eigenvalue weighted by Gasteiger charge is 2.36. The molecular formula is C28H24N6O3. The number of hydrogen-bond acceptors (Lipinski definition) is 7. The Kier molecular flexibility index (Phi) is 5.60. The van der Waals surface area contributed by atoms with Gasteiger partial charge in [0.05, 0.1) is 40.1 Å². The Balaban J connectivity index is 1.16. The van der Waals surface area contributed by atoms with E-state index in [9.17, 15) is 14.4 Å². The largest absolute Gasteiger partial charge is 0.352 e. The summed E-state index contributed by atoms with van der Waals surface area (Å²) in [7, 11) is 0. The third kappa shape index (κ3) is 4.08. The predicted octanol–water partition coefficient (Wildman–Crippen LogP) is 3.09. The maximum absolute atomic E-state index is 13.3. The number of carbonyl (C=O) groups excluding carboxylic acids is 3. The fraction of sp³-hybridized carbons (Fsp3) is 0.214. The minimum Gasteiger partial charge on any atom is -0.352 e. The zero-order valence-electron chi connectivity index (χ0n) is 20.3. The Labute approximate surface area is 213 Å². The lowest BCUT2D eigenvalue weighted by atomic mass is 10.0. The SMILES string of the molecule is Cc1nc2ccccc2nc1N1CCN(C(=O)c2ccc3c(c2)C(=O)N(Cc2ccccn2)C3=O)CC1. The Bertz CT molecular complexity index is 1550. The van der Waals surface area contributed by atoms with Gasteiger partial charge in [0.15, 0.2) is 5.82 Å². The molecule has 4 aromatic rings. The molecule has 0 unspecified atom stereocenters. The van der Waals surface area contributed by atoms with Crippen LogP contribution in [0.25, 0.3) is 11.0 Å². The molecule has 4 heterocycles. The number of nitrogens with zero attached hydrogens (tertiary/aromatic N) is 6. The van der Waals surface area contributed by atoms with Gasteiger partial charge in [-0.05, 0) is 49.4 Å². The topological polar surface area (TPSA) is 99.6 Å². The molecule has 6 rings (SSSR count). The zero-order valence-corrected chi connectivity index (χ0v) is 20.3. The summed E-state index contributed by atoms with van der Waals surface area (Å²) in [6.07, 6.45) is 1.62. The Morgan fingerprint density at radius 2 is 1.54 bits per heavy atom. The van der Waals surface area contributed by atoms with Gasteiger partial charge in [-0.1, -0.05) is 18.2 Å². The van der Waals surface area contributed by atoms with E-state index in [2.05, 4.69) is 14.9 Å². The monoisotopic (exact) mass is 492 g/mol. The van der Waals surface area contributed by atoms with Gasteiger partial charge in [0.1, 0.15) is 0 Å². The summed E-state index contributed by atoms with van der Waals surface area (Å²) in [4.78, 5) is 58.0. The standard InChI is InChI=1S/C28H24N6O3/c1-18-25(31-24-8-3-2-7-23(24)30-18)32-12-14-33(15-13-32)26(35)19-9-10-21-22(16-19)28(37)34(27(21)36)17-20-6-4-5-11-29-20/h2-11,16H,12-15,17H2,1H3. The van der Waals surface area contributed by atoms with Gasteiger partial charge >= 0.3 is 0 Å². The quantitative estimate of drug-likeness (QED) is 0.404. The van der Waals surface area contributed by atoms with Crippen LogP contribution in [0.15, 0.2) is 66.9 Å². The first-order chi connectivity index (χ1) is 18.0. The summed E-state index contributed by atoms with van der Waals surface area (Å²) in [5.41, 5.74) is 4.15. The number of anilines is 1. The van der Waals surface area contributed by atoms with E-state index >= 15 is 0 Å². The minimum atomic E-state index is -0.407. The van der Waals surface area contributed by atoms with E-state index < -0.39 is 5.91 Å². The number of imide groups is 1. The Hall–Kier alpha value is -4.66. The molecule has 9 heteroatoms. The summed E-state index contributed by atoms with van der Waals surface area (Å²) >= 11 is 0. The van der Waals surface area contributed by atoms with Gasteiger partial charge in [-0.15, -0.1) is 0 Å². The molecule has 3 amide bonds. The fourth-order valence-electron chi connectivity index (χ4n) is 4.90. The van der Waals surface area contributed by atoms with Crippen molar-refractivity contribution in [2.24, 2.45) is 0 Å². The van der Waals surface area contributed by atoms with E-state index in [0.29, 0.717) is 43.0 Å². The highest BCUT2D eigenvalue weighted by molar-refractivity contribution is 6.22. The molecule has 0 atom stereocenters. The number of carbonyl (C=O) groups is 3. The molecule has 2 aromatic carbocycles. The Morgan fingerprint density at radius 3 is 2.27 bits per heavy atom. The molecule has 0 radical (unpaired) electrons. The second kappa shape index (κ2) is 9.09. The molecule has 37 heavy (non-hydrogen) atoms. The molecule has 2 aliphatic heterocycles. The number of hydrogen-bond donors (Lipinski definition) is 0. The first kappa shape index (κ1) is 22.8. The molecular weight excluding hydrogens is 468 g/mol. The number of rotatable bonds is 4. The molecule has 2 aliphatic rings. The van der Waals surface area contributed by atoms with Gasteiger partial charge in [-0.2, -0.15) is 0 Å². The van der Waals surface area contributed by atoms with Crippen molar-refractivity contribution in [1.29, 1.82) is 0 Å². The van der Waals surface area contributed by atoms with E-state index in [1.807, 2.05) is 37.3 Å². The number of benzene rings is 2. The molecule has 1 saturated heterocycles. The van der Waals surface area contributed by atoms with Crippen molar-refractivity contribution >= 4 is 34.6 Å². The lowest BCUT2D eigenvalue weighted by Crippen LogP contribution is -2.49. The number of pyridine rings is 1. The lowest BCUT2D eigenvalue weighted by molar-refractivity contribution is 0.0640. The van der Waals surface area contributed by atoms with E-state index in [1.54, 1.807) is 41.4 Å². The number of piperazine rings is 1. The summed E-state index contributed by atoms with van der Waals surface area (Å²) in [6, 6.07) is 17.9. The number of fused-ring (bicyclic) bond motifs is 2. The zero-order chi connectivity index (χ0) is 25.5. The van der Waals surface area contributed by atoms with Crippen LogP contribution < -0.4 is 4.90 Å². The van der Waals surface area contributed by atoms with E-state index in [1.165, 1.54) is 4.90 Å². The lowest BCUT2D eigenvalue weighted by Gasteiger charge is -2.36. The maximum atomic E-state index is 13.3. The van der Waals surface area contributed by atoms with Gasteiger partial charge in [0, 0.05) is 37.9 Å². The summed E-state index contributed by atoms with van der Waals surface area (Å²) in [5.74, 6) is -0.103. The number of para-hydroxylation sites is 2. The molecule has 0 N–H and O–H groups in total. The Morgan fingerprint density at radius 1 is 0.838 bits per heavy atom. The third-order valence-electron chi connectivity index (χ3n) is 6.85. The first-order valence-corrected chi connectivity index (χ1v) is 12.2. The van der Waals surface area contributed by atoms with Crippen molar-refractivity contribution in [3.63, 3.8) is 0 Å². The average molecular weight is 493 g/mol. The van der Waals surface area contributed by atoms with Gasteiger partial charge in [0.2, 0.25) is 0 Å². The number of amides is 3. The molecule has 0 saturated carbocycles. The second-order valence-electron chi connectivity index (χ2n) is 9.18. The smallest absolute Gasteiger partial charge is 0.261 e. The molecule has 0 aliphatic carbocycles. The maximum Gasteiger partial charge on any atom is 0.261 e. The highest BCUT2D eigenvalue weighted by Crippen LogP contribution is 2.27. The highest BCUT2D eigenvalue weighted by atomic mass is 16.2. The van der Waals surface area contributed by atoms with Gasteiger partial charge in [-0.25, -0.2) is 9.97 Å². The van der Waals surface area contributed by atoms with Crippen molar-refractivity contribution in [3.05, 3.63) is 94.9 Å². The van der Waals surface area contributed by atoms with E-state index in [4.69, 9.17) is 4.98 Å². The van der Waals surface area contributed by atoms with Crippen molar-refractivity contribution in [2.75, 3.05) is 31.1 Å². The van der Waals surface area contributed by atoms with Gasteiger partial charge in [0.25, 0.3) is 17.7 Å². The molecule has 184 valence electrons. The molecule has 9 nitrogen and oxygen atoms in total. The van der Waals surface area contributed by atoms with Gasteiger partial charge < -0.3 is 9.80 Å². The number of aromatic nitrogens is 3. The molecule has 0 bridgehead atoms. The normalized spacial score (nSPS) is 15.4.